The van der Waals surface area contributed by atoms with Crippen LogP contribution in [0.1, 0.15) is 32.8 Å². The summed E-state index contributed by atoms with van der Waals surface area (Å²) in [6, 6.07) is 11.4. The molecule has 2 aromatic heterocycles. The molecule has 6 nitrogen and oxygen atoms in total. The molecule has 29 heavy (non-hydrogen) atoms. The number of amides is 2. The number of pyridine rings is 1. The van der Waals surface area contributed by atoms with Gasteiger partial charge in [-0.25, -0.2) is 4.98 Å². The van der Waals surface area contributed by atoms with Crippen molar-refractivity contribution in [3.8, 4) is 0 Å². The molecule has 0 unspecified atom stereocenters. The molecule has 146 valence electrons. The van der Waals surface area contributed by atoms with Crippen molar-refractivity contribution in [2.45, 2.75) is 25.8 Å². The molecule has 2 N–H and O–H groups in total. The first kappa shape index (κ1) is 17.9. The molecule has 0 fully saturated rings. The van der Waals surface area contributed by atoms with E-state index in [1.54, 1.807) is 18.3 Å². The second-order valence-electron chi connectivity index (χ2n) is 7.32. The number of carbonyl (C=O) groups is 2. The fourth-order valence-corrected chi connectivity index (χ4v) is 4.71. The van der Waals surface area contributed by atoms with Crippen LogP contribution in [0, 0.1) is 0 Å². The van der Waals surface area contributed by atoms with Crippen molar-refractivity contribution in [1.82, 2.24) is 4.98 Å². The van der Waals surface area contributed by atoms with Gasteiger partial charge in [0.25, 0.3) is 5.91 Å². The van der Waals surface area contributed by atoms with Crippen molar-refractivity contribution in [2.24, 2.45) is 0 Å². The minimum absolute atomic E-state index is 0.0183. The first-order valence-electron chi connectivity index (χ1n) is 9.66. The molecule has 0 aliphatic carbocycles. The zero-order chi connectivity index (χ0) is 19.8. The molecule has 2 amide bonds. The van der Waals surface area contributed by atoms with E-state index < -0.39 is 0 Å². The summed E-state index contributed by atoms with van der Waals surface area (Å²) < 4.78 is 0. The summed E-state index contributed by atoms with van der Waals surface area (Å²) in [4.78, 5) is 32.4. The van der Waals surface area contributed by atoms with Gasteiger partial charge in [-0.1, -0.05) is 0 Å². The van der Waals surface area contributed by atoms with Crippen LogP contribution >= 0.6 is 11.3 Å². The van der Waals surface area contributed by atoms with E-state index in [1.807, 2.05) is 29.5 Å². The number of anilines is 3. The minimum Gasteiger partial charge on any atom is -0.352 e. The van der Waals surface area contributed by atoms with Gasteiger partial charge in [-0.15, -0.1) is 11.3 Å². The van der Waals surface area contributed by atoms with E-state index in [2.05, 4.69) is 32.0 Å². The van der Waals surface area contributed by atoms with Crippen molar-refractivity contribution >= 4 is 40.3 Å². The standard InChI is InChI=1S/C22H20N4O2S/c27-21-6-2-14-11-15(1-4-18(14)25-21)22(28)24-17-3-5-20(23-12-17)26-9-7-19-16(13-26)8-10-29-19/h1,3-5,8,10-12H,2,6-7,9,13H2,(H,24,28)(H,25,27). The quantitative estimate of drug-likeness (QED) is 0.696. The maximum atomic E-state index is 12.6. The second kappa shape index (κ2) is 7.33. The van der Waals surface area contributed by atoms with Gasteiger partial charge >= 0.3 is 0 Å². The Morgan fingerprint density at radius 1 is 1.10 bits per heavy atom. The van der Waals surface area contributed by atoms with Gasteiger partial charge in [0.2, 0.25) is 5.91 Å². The van der Waals surface area contributed by atoms with Crippen LogP contribution in [0.5, 0.6) is 0 Å². The van der Waals surface area contributed by atoms with Crippen molar-refractivity contribution in [1.29, 1.82) is 0 Å². The van der Waals surface area contributed by atoms with E-state index in [4.69, 9.17) is 0 Å². The second-order valence-corrected chi connectivity index (χ2v) is 8.32. The Balaban J connectivity index is 1.26. The number of nitrogens with zero attached hydrogens (tertiary/aromatic N) is 2. The predicted octanol–water partition coefficient (Wildman–Crippen LogP) is 3.84. The fourth-order valence-electron chi connectivity index (χ4n) is 3.82. The Bertz CT molecular complexity index is 1090. The molecule has 0 spiro atoms. The lowest BCUT2D eigenvalue weighted by molar-refractivity contribution is -0.116. The highest BCUT2D eigenvalue weighted by Crippen LogP contribution is 2.27. The van der Waals surface area contributed by atoms with E-state index in [0.717, 1.165) is 36.6 Å². The van der Waals surface area contributed by atoms with Crippen LogP contribution in [0.15, 0.2) is 48.0 Å². The number of benzene rings is 1. The number of nitrogens with one attached hydrogen (secondary N) is 2. The molecule has 0 bridgehead atoms. The summed E-state index contributed by atoms with van der Waals surface area (Å²) in [6.07, 6.45) is 3.86. The molecule has 2 aliphatic rings. The summed E-state index contributed by atoms with van der Waals surface area (Å²) in [5, 5.41) is 7.89. The zero-order valence-electron chi connectivity index (χ0n) is 15.8. The number of hydrogen-bond donors (Lipinski definition) is 2. The number of hydrogen-bond acceptors (Lipinski definition) is 5. The molecule has 0 atom stereocenters. The molecule has 4 heterocycles. The Labute approximate surface area is 172 Å². The van der Waals surface area contributed by atoms with E-state index in [1.165, 1.54) is 10.4 Å². The predicted molar refractivity (Wildman–Crippen MR) is 115 cm³/mol. The van der Waals surface area contributed by atoms with Gasteiger partial charge in [0.05, 0.1) is 11.9 Å². The van der Waals surface area contributed by atoms with Gasteiger partial charge in [0.1, 0.15) is 5.82 Å². The smallest absolute Gasteiger partial charge is 0.255 e. The topological polar surface area (TPSA) is 74.3 Å². The van der Waals surface area contributed by atoms with Crippen LogP contribution in [0.2, 0.25) is 0 Å². The van der Waals surface area contributed by atoms with Crippen molar-refractivity contribution < 1.29 is 9.59 Å². The first-order chi connectivity index (χ1) is 14.2. The summed E-state index contributed by atoms with van der Waals surface area (Å²) >= 11 is 1.82. The first-order valence-corrected chi connectivity index (χ1v) is 10.5. The number of fused-ring (bicyclic) bond motifs is 2. The average molecular weight is 404 g/mol. The third kappa shape index (κ3) is 3.61. The minimum atomic E-state index is -0.180. The van der Waals surface area contributed by atoms with Crippen molar-refractivity contribution in [3.05, 3.63) is 69.5 Å². The number of aryl methyl sites for hydroxylation is 1. The van der Waals surface area contributed by atoms with Crippen LogP contribution in [0.25, 0.3) is 0 Å². The average Bonchev–Trinajstić information content (AvgIpc) is 3.22. The zero-order valence-corrected chi connectivity index (χ0v) is 16.6. The Hall–Kier alpha value is -3.19. The summed E-state index contributed by atoms with van der Waals surface area (Å²) in [5.74, 6) is 0.759. The number of carbonyl (C=O) groups excluding carboxylic acids is 2. The van der Waals surface area contributed by atoms with Gasteiger partial charge < -0.3 is 15.5 Å². The van der Waals surface area contributed by atoms with Gasteiger partial charge in [-0.05, 0) is 65.7 Å². The third-order valence-corrected chi connectivity index (χ3v) is 6.42. The largest absolute Gasteiger partial charge is 0.352 e. The lowest BCUT2D eigenvalue weighted by atomic mass is 10.00. The van der Waals surface area contributed by atoms with Gasteiger partial charge in [-0.3, -0.25) is 9.59 Å². The summed E-state index contributed by atoms with van der Waals surface area (Å²) in [5.41, 5.74) is 4.40. The van der Waals surface area contributed by atoms with Crippen molar-refractivity contribution in [3.63, 3.8) is 0 Å². The molecule has 0 saturated heterocycles. The van der Waals surface area contributed by atoms with E-state index in [0.29, 0.717) is 24.1 Å². The van der Waals surface area contributed by atoms with E-state index in [9.17, 15) is 9.59 Å². The Morgan fingerprint density at radius 2 is 2.03 bits per heavy atom. The molecule has 7 heteroatoms. The number of aromatic nitrogens is 1. The maximum Gasteiger partial charge on any atom is 0.255 e. The van der Waals surface area contributed by atoms with E-state index >= 15 is 0 Å². The molecule has 0 radical (unpaired) electrons. The molecule has 3 aromatic rings. The normalized spacial score (nSPS) is 15.3. The van der Waals surface area contributed by atoms with Crippen molar-refractivity contribution in [2.75, 3.05) is 22.1 Å². The number of rotatable bonds is 3. The Morgan fingerprint density at radius 3 is 2.90 bits per heavy atom. The lowest BCUT2D eigenvalue weighted by Crippen LogP contribution is -2.30. The maximum absolute atomic E-state index is 12.6. The van der Waals surface area contributed by atoms with Crippen LogP contribution in [-0.4, -0.2) is 23.3 Å². The summed E-state index contributed by atoms with van der Waals surface area (Å²) in [7, 11) is 0. The molecule has 2 aliphatic heterocycles. The monoisotopic (exact) mass is 404 g/mol. The molecule has 1 aromatic carbocycles. The molecular formula is C22H20N4O2S. The SMILES string of the molecule is O=C1CCc2cc(C(=O)Nc3ccc(N4CCc5sccc5C4)nc3)ccc2N1. The highest BCUT2D eigenvalue weighted by molar-refractivity contribution is 7.10. The van der Waals surface area contributed by atoms with Gasteiger partial charge in [0, 0.05) is 35.6 Å². The fraction of sp³-hybridized carbons (Fsp3) is 0.227. The summed E-state index contributed by atoms with van der Waals surface area (Å²) in [6.45, 7) is 1.83. The number of thiophene rings is 1. The van der Waals surface area contributed by atoms with Gasteiger partial charge in [-0.2, -0.15) is 0 Å². The lowest BCUT2D eigenvalue weighted by Gasteiger charge is -2.28. The van der Waals surface area contributed by atoms with Crippen LogP contribution in [0.4, 0.5) is 17.2 Å². The van der Waals surface area contributed by atoms with E-state index in [-0.39, 0.29) is 11.8 Å². The van der Waals surface area contributed by atoms with Gasteiger partial charge in [0.15, 0.2) is 0 Å². The van der Waals surface area contributed by atoms with Crippen LogP contribution in [-0.2, 0) is 24.2 Å². The Kier molecular flexibility index (Phi) is 4.52. The molecule has 5 rings (SSSR count). The molecule has 0 saturated carbocycles. The highest BCUT2D eigenvalue weighted by Gasteiger charge is 2.19. The highest BCUT2D eigenvalue weighted by atomic mass is 32.1. The molecular weight excluding hydrogens is 384 g/mol. The van der Waals surface area contributed by atoms with Crippen LogP contribution < -0.4 is 15.5 Å². The third-order valence-electron chi connectivity index (χ3n) is 5.40. The van der Waals surface area contributed by atoms with Crippen LogP contribution in [0.3, 0.4) is 0 Å².